The predicted octanol–water partition coefficient (Wildman–Crippen LogP) is 15.9. The summed E-state index contributed by atoms with van der Waals surface area (Å²) in [6.07, 6.45) is 5.16. The fourth-order valence-electron chi connectivity index (χ4n) is 10.6. The van der Waals surface area contributed by atoms with Gasteiger partial charge in [-0.1, -0.05) is 188 Å². The molecule has 7 heterocycles. The van der Waals surface area contributed by atoms with E-state index < -0.39 is 0 Å². The van der Waals surface area contributed by atoms with E-state index in [4.69, 9.17) is 41.5 Å². The van der Waals surface area contributed by atoms with Gasteiger partial charge in [-0.2, -0.15) is 0 Å². The number of fused-ring (bicyclic) bond motifs is 12. The lowest BCUT2D eigenvalue weighted by atomic mass is 10.1. The van der Waals surface area contributed by atoms with Gasteiger partial charge in [-0.3, -0.25) is 8.97 Å². The van der Waals surface area contributed by atoms with Gasteiger partial charge in [0.15, 0.2) is 17.3 Å². The summed E-state index contributed by atoms with van der Waals surface area (Å²) < 4.78 is 6.63. The van der Waals surface area contributed by atoms with Gasteiger partial charge < -0.3 is 4.40 Å². The van der Waals surface area contributed by atoms with Crippen molar-refractivity contribution in [2.24, 2.45) is 0 Å². The number of para-hydroxylation sites is 3. The van der Waals surface area contributed by atoms with Crippen LogP contribution in [0.1, 0.15) is 11.3 Å². The number of nitrogens with zero attached hydrogens (tertiary/aromatic N) is 9. The monoisotopic (exact) mass is 1020 g/mol. The normalized spacial score (nSPS) is 11.5. The predicted molar refractivity (Wildman–Crippen MR) is 318 cm³/mol. The Labute approximate surface area is 456 Å². The molecule has 0 saturated heterocycles. The van der Waals surface area contributed by atoms with Crippen molar-refractivity contribution in [1.82, 2.24) is 43.3 Å². The molecule has 0 atom stereocenters. The molecule has 8 aromatic carbocycles. The van der Waals surface area contributed by atoms with Crippen LogP contribution in [0.4, 0.5) is 0 Å². The first-order chi connectivity index (χ1) is 38.1. The molecule has 15 aromatic rings. The highest BCUT2D eigenvalue weighted by Gasteiger charge is 2.23. The van der Waals surface area contributed by atoms with Crippen molar-refractivity contribution >= 4 is 75.2 Å². The van der Waals surface area contributed by atoms with E-state index >= 15 is 0 Å². The number of aromatic nitrogens is 9. The molecule has 0 saturated carbocycles. The Bertz CT molecular complexity index is 4700. The maximum absolute atomic E-state index is 6.11. The third-order valence-electron chi connectivity index (χ3n) is 14.1. The van der Waals surface area contributed by atoms with E-state index in [1.165, 1.54) is 16.8 Å². The largest absolute Gasteiger partial charge is 0.303 e. The number of pyridine rings is 2. The van der Waals surface area contributed by atoms with Gasteiger partial charge in [-0.05, 0) is 72.3 Å². The second-order valence-corrected chi connectivity index (χ2v) is 19.3. The van der Waals surface area contributed by atoms with Gasteiger partial charge in [0.2, 0.25) is 0 Å². The van der Waals surface area contributed by atoms with Crippen molar-refractivity contribution in [3.8, 4) is 62.2 Å². The average molecular weight is 1020 g/mol. The number of halogens is 1. The van der Waals surface area contributed by atoms with Gasteiger partial charge in [0.1, 0.15) is 16.8 Å². The van der Waals surface area contributed by atoms with Crippen LogP contribution in [-0.4, -0.2) is 51.7 Å². The van der Waals surface area contributed by atoms with Gasteiger partial charge in [0, 0.05) is 81.9 Å². The maximum atomic E-state index is 6.11. The Balaban J connectivity index is 0.000000122. The minimum Gasteiger partial charge on any atom is -0.303 e. The molecular formula is C67H44BClN9. The zero-order valence-corrected chi connectivity index (χ0v) is 42.7. The Morgan fingerprint density at radius 3 is 1.58 bits per heavy atom. The van der Waals surface area contributed by atoms with Crippen LogP contribution in [0.2, 0.25) is 5.02 Å². The summed E-state index contributed by atoms with van der Waals surface area (Å²) in [5, 5.41) is 3.90. The van der Waals surface area contributed by atoms with E-state index in [2.05, 4.69) is 153 Å². The lowest BCUT2D eigenvalue weighted by molar-refractivity contribution is 1.05. The zero-order chi connectivity index (χ0) is 51.2. The molecule has 78 heavy (non-hydrogen) atoms. The second-order valence-electron chi connectivity index (χ2n) is 18.9. The number of hydrogen-bond acceptors (Lipinski definition) is 6. The van der Waals surface area contributed by atoms with Crippen LogP contribution in [-0.2, 0) is 6.42 Å². The van der Waals surface area contributed by atoms with Crippen LogP contribution < -0.4 is 0 Å². The van der Waals surface area contributed by atoms with E-state index in [1.54, 1.807) is 0 Å². The lowest BCUT2D eigenvalue weighted by Gasteiger charge is -2.12. The summed E-state index contributed by atoms with van der Waals surface area (Å²) in [4.78, 5) is 29.3. The van der Waals surface area contributed by atoms with E-state index in [1.807, 2.05) is 115 Å². The summed E-state index contributed by atoms with van der Waals surface area (Å²) >= 11 is 6.11. The van der Waals surface area contributed by atoms with Gasteiger partial charge >= 0.3 is 0 Å². The molecule has 9 nitrogen and oxygen atoms in total. The third-order valence-corrected chi connectivity index (χ3v) is 14.4. The van der Waals surface area contributed by atoms with Crippen molar-refractivity contribution in [3.63, 3.8) is 0 Å². The summed E-state index contributed by atoms with van der Waals surface area (Å²) in [5.74, 6) is 1.39. The van der Waals surface area contributed by atoms with Crippen LogP contribution >= 0.6 is 11.6 Å². The van der Waals surface area contributed by atoms with Crippen molar-refractivity contribution in [2.75, 3.05) is 0 Å². The summed E-state index contributed by atoms with van der Waals surface area (Å²) in [6.45, 7) is 0. The third kappa shape index (κ3) is 8.60. The standard InChI is InChI=1S/C33H21N5.C20H13ClN2.C14H10N2.B/c1-2-11-22(12-3-1)30-25-15-4-6-17-27(25)34-32(36-30)23-13-10-14-24(21-23)38-28-18-7-5-16-26(28)31-33(38)37-20-9-8-19-29(37)35-31;21-16-10-6-9-15(13-16)20-22-18-12-5-4-11-17(18)19(23-20)14-7-2-1-3-8-14;1-2-6-11-10(5-1)9-12-14(11)15-13-7-3-4-8-16(12)13;/h1-21H;1-13H;1-8H,9H2;. The minimum atomic E-state index is 0. The molecule has 0 unspecified atom stereocenters. The topological polar surface area (TPSA) is 91.1 Å². The molecule has 0 aliphatic heterocycles. The number of benzene rings is 8. The van der Waals surface area contributed by atoms with Gasteiger partial charge in [-0.25, -0.2) is 29.9 Å². The van der Waals surface area contributed by atoms with E-state index in [0.29, 0.717) is 16.7 Å². The highest BCUT2D eigenvalue weighted by Crippen LogP contribution is 2.38. The van der Waals surface area contributed by atoms with Gasteiger partial charge in [-0.15, -0.1) is 0 Å². The Kier molecular flexibility index (Phi) is 12.4. The van der Waals surface area contributed by atoms with Crippen LogP contribution in [0.5, 0.6) is 0 Å². The molecule has 3 radical (unpaired) electrons. The molecule has 16 rings (SSSR count). The molecule has 1 aliphatic rings. The molecule has 0 amide bonds. The van der Waals surface area contributed by atoms with Crippen LogP contribution in [0, 0.1) is 0 Å². The first-order valence-corrected chi connectivity index (χ1v) is 25.9. The second kappa shape index (κ2) is 20.3. The molecule has 0 spiro atoms. The van der Waals surface area contributed by atoms with E-state index in [9.17, 15) is 0 Å². The van der Waals surface area contributed by atoms with Crippen LogP contribution in [0.25, 0.3) is 117 Å². The summed E-state index contributed by atoms with van der Waals surface area (Å²) in [7, 11) is 0. The van der Waals surface area contributed by atoms with Crippen molar-refractivity contribution in [2.45, 2.75) is 6.42 Å². The molecule has 0 bridgehead atoms. The molecule has 1 aliphatic carbocycles. The quantitative estimate of drug-likeness (QED) is 0.160. The average Bonchev–Trinajstić information content (AvgIpc) is 4.37. The zero-order valence-electron chi connectivity index (χ0n) is 41.9. The molecule has 0 N–H and O–H groups in total. The lowest BCUT2D eigenvalue weighted by Crippen LogP contribution is -1.99. The summed E-state index contributed by atoms with van der Waals surface area (Å²) in [5.41, 5.74) is 19.1. The highest BCUT2D eigenvalue weighted by molar-refractivity contribution is 6.30. The van der Waals surface area contributed by atoms with Crippen molar-refractivity contribution in [3.05, 3.63) is 271 Å². The number of imidazole rings is 2. The molecule has 367 valence electrons. The first kappa shape index (κ1) is 47.7. The summed E-state index contributed by atoms with van der Waals surface area (Å²) in [6, 6.07) is 82.1. The Morgan fingerprint density at radius 2 is 0.910 bits per heavy atom. The molecular weight excluding hydrogens is 977 g/mol. The van der Waals surface area contributed by atoms with Crippen LogP contribution in [0.15, 0.2) is 255 Å². The SMILES string of the molecule is Clc1cccc(-c2nc(-c3ccccc3)c3ccccc3n2)c1.[B].c1ccc(-c2nc(-c3cccc(-n4c5ccccc5c5nc6ccccn6c54)c3)nc3ccccc23)cc1.c1ccc2c(c1)Cc1c-2nc2ccccn12. The molecule has 7 aromatic heterocycles. The highest BCUT2D eigenvalue weighted by atomic mass is 35.5. The fraction of sp³-hybridized carbons (Fsp3) is 0.0149. The van der Waals surface area contributed by atoms with Crippen molar-refractivity contribution < 1.29 is 0 Å². The smallest absolute Gasteiger partial charge is 0.160 e. The van der Waals surface area contributed by atoms with E-state index in [-0.39, 0.29) is 8.41 Å². The van der Waals surface area contributed by atoms with E-state index in [0.717, 1.165) is 107 Å². The Hall–Kier alpha value is -10.0. The minimum absolute atomic E-state index is 0. The fourth-order valence-corrected chi connectivity index (χ4v) is 10.8. The van der Waals surface area contributed by atoms with Crippen molar-refractivity contribution in [1.29, 1.82) is 0 Å². The first-order valence-electron chi connectivity index (χ1n) is 25.5. The Morgan fingerprint density at radius 1 is 0.385 bits per heavy atom. The maximum Gasteiger partial charge on any atom is 0.160 e. The van der Waals surface area contributed by atoms with Gasteiger partial charge in [0.25, 0.3) is 0 Å². The number of hydrogen-bond donors (Lipinski definition) is 0. The molecule has 0 fully saturated rings. The molecule has 11 heteroatoms. The van der Waals surface area contributed by atoms with Gasteiger partial charge in [0.05, 0.1) is 39.3 Å². The van der Waals surface area contributed by atoms with Crippen LogP contribution in [0.3, 0.4) is 0 Å². The number of rotatable bonds is 5.